The smallest absolute Gasteiger partial charge is 0.378 e. The Kier molecular flexibility index (Phi) is 3.37. The fourth-order valence-electron chi connectivity index (χ4n) is 2.34. The molecule has 104 valence electrons. The highest BCUT2D eigenvalue weighted by molar-refractivity contribution is 5.84. The van der Waals surface area contributed by atoms with Crippen molar-refractivity contribution < 1.29 is 14.3 Å². The molecule has 0 fully saturated rings. The van der Waals surface area contributed by atoms with Crippen LogP contribution in [0.3, 0.4) is 0 Å². The minimum absolute atomic E-state index is 0.0654. The van der Waals surface area contributed by atoms with Crippen LogP contribution in [0.1, 0.15) is 41.3 Å². The number of ether oxygens (including phenoxy) is 2. The average molecular weight is 273 g/mol. The van der Waals surface area contributed by atoms with Gasteiger partial charge in [0.1, 0.15) is 11.6 Å². The molecule has 2 aromatic rings. The van der Waals surface area contributed by atoms with Crippen molar-refractivity contribution in [2.75, 3.05) is 13.2 Å². The number of carbonyl (C=O) groups is 1. The zero-order valence-electron chi connectivity index (χ0n) is 11.1. The van der Waals surface area contributed by atoms with Gasteiger partial charge in [-0.15, -0.1) is 5.10 Å². The summed E-state index contributed by atoms with van der Waals surface area (Å²) in [5.41, 5.74) is 1.06. The summed E-state index contributed by atoms with van der Waals surface area (Å²) in [5.74, 6) is 1.17. The second kappa shape index (κ2) is 5.32. The van der Waals surface area contributed by atoms with E-state index in [1.54, 1.807) is 6.92 Å². The maximum Gasteiger partial charge on any atom is 0.378 e. The quantitative estimate of drug-likeness (QED) is 0.864. The van der Waals surface area contributed by atoms with Gasteiger partial charge in [0.15, 0.2) is 0 Å². The van der Waals surface area contributed by atoms with Gasteiger partial charge in [-0.05, 0) is 19.4 Å². The van der Waals surface area contributed by atoms with Crippen molar-refractivity contribution in [2.45, 2.75) is 19.3 Å². The van der Waals surface area contributed by atoms with Gasteiger partial charge in [0.2, 0.25) is 0 Å². The summed E-state index contributed by atoms with van der Waals surface area (Å²) < 4.78 is 10.5. The number of hydrogen-bond donors (Lipinski definition) is 1. The van der Waals surface area contributed by atoms with E-state index in [4.69, 9.17) is 9.47 Å². The van der Waals surface area contributed by atoms with Gasteiger partial charge in [-0.2, -0.15) is 0 Å². The van der Waals surface area contributed by atoms with Crippen molar-refractivity contribution in [3.8, 4) is 5.75 Å². The van der Waals surface area contributed by atoms with Crippen LogP contribution in [0.15, 0.2) is 24.3 Å². The Bertz CT molecular complexity index is 624. The Labute approximate surface area is 116 Å². The average Bonchev–Trinajstić information content (AvgIpc) is 2.97. The summed E-state index contributed by atoms with van der Waals surface area (Å²) in [4.78, 5) is 15.8. The molecule has 1 unspecified atom stereocenters. The van der Waals surface area contributed by atoms with E-state index >= 15 is 0 Å². The van der Waals surface area contributed by atoms with Gasteiger partial charge >= 0.3 is 5.97 Å². The summed E-state index contributed by atoms with van der Waals surface area (Å²) in [7, 11) is 0. The van der Waals surface area contributed by atoms with Crippen LogP contribution in [-0.4, -0.2) is 34.4 Å². The zero-order valence-corrected chi connectivity index (χ0v) is 11.1. The van der Waals surface area contributed by atoms with E-state index in [0.29, 0.717) is 19.0 Å². The number of esters is 1. The topological polar surface area (TPSA) is 77.1 Å². The molecule has 0 aliphatic carbocycles. The van der Waals surface area contributed by atoms with E-state index in [1.807, 2.05) is 24.3 Å². The van der Waals surface area contributed by atoms with E-state index in [-0.39, 0.29) is 11.7 Å². The number of nitrogens with one attached hydrogen (secondary N) is 1. The van der Waals surface area contributed by atoms with E-state index in [0.717, 1.165) is 17.7 Å². The lowest BCUT2D eigenvalue weighted by atomic mass is 9.92. The summed E-state index contributed by atoms with van der Waals surface area (Å²) >= 11 is 0. The van der Waals surface area contributed by atoms with Gasteiger partial charge < -0.3 is 9.47 Å². The monoisotopic (exact) mass is 273 g/mol. The first-order valence-corrected chi connectivity index (χ1v) is 6.60. The van der Waals surface area contributed by atoms with Crippen molar-refractivity contribution in [1.82, 2.24) is 15.2 Å². The van der Waals surface area contributed by atoms with Crippen molar-refractivity contribution in [1.29, 1.82) is 0 Å². The van der Waals surface area contributed by atoms with Gasteiger partial charge in [0, 0.05) is 5.56 Å². The van der Waals surface area contributed by atoms with Gasteiger partial charge in [-0.25, -0.2) is 9.78 Å². The Balaban J connectivity index is 1.89. The number of aromatic amines is 1. The van der Waals surface area contributed by atoms with E-state index in [1.165, 1.54) is 0 Å². The van der Waals surface area contributed by atoms with Crippen LogP contribution in [0, 0.1) is 0 Å². The van der Waals surface area contributed by atoms with Gasteiger partial charge in [-0.3, -0.25) is 5.10 Å². The number of fused-ring (bicyclic) bond motifs is 1. The van der Waals surface area contributed by atoms with Gasteiger partial charge in [-0.1, -0.05) is 18.2 Å². The standard InChI is InChI=1S/C14H15N3O3/c1-2-19-14(18)13-15-12(16-17-13)10-7-8-20-11-6-4-3-5-9(10)11/h3-6,10H,2,7-8H2,1H3,(H,15,16,17). The molecule has 2 heterocycles. The maximum atomic E-state index is 11.6. The molecule has 1 aliphatic rings. The Morgan fingerprint density at radius 3 is 3.20 bits per heavy atom. The number of benzene rings is 1. The number of carbonyl (C=O) groups excluding carboxylic acids is 1. The summed E-state index contributed by atoms with van der Waals surface area (Å²) in [6, 6.07) is 7.84. The van der Waals surface area contributed by atoms with Gasteiger partial charge in [0.25, 0.3) is 5.82 Å². The minimum Gasteiger partial charge on any atom is -0.493 e. The first kappa shape index (κ1) is 12.7. The lowest BCUT2D eigenvalue weighted by Crippen LogP contribution is -2.16. The third-order valence-electron chi connectivity index (χ3n) is 3.25. The number of aromatic nitrogens is 3. The van der Waals surface area contributed by atoms with Crippen LogP contribution in [0.2, 0.25) is 0 Å². The molecule has 20 heavy (non-hydrogen) atoms. The van der Waals surface area contributed by atoms with Crippen molar-refractivity contribution >= 4 is 5.97 Å². The predicted octanol–water partition coefficient (Wildman–Crippen LogP) is 1.90. The Hall–Kier alpha value is -2.37. The number of H-pyrrole nitrogens is 1. The second-order valence-corrected chi connectivity index (χ2v) is 4.49. The molecule has 0 radical (unpaired) electrons. The predicted molar refractivity (Wildman–Crippen MR) is 70.7 cm³/mol. The van der Waals surface area contributed by atoms with Crippen LogP contribution >= 0.6 is 0 Å². The molecule has 1 atom stereocenters. The molecule has 1 aliphatic heterocycles. The molecular formula is C14H15N3O3. The molecule has 0 amide bonds. The fourth-order valence-corrected chi connectivity index (χ4v) is 2.34. The first-order chi connectivity index (χ1) is 9.79. The molecule has 1 N–H and O–H groups in total. The Morgan fingerprint density at radius 1 is 1.50 bits per heavy atom. The molecule has 0 spiro atoms. The SMILES string of the molecule is CCOC(=O)c1n[nH]c(C2CCOc3ccccc32)n1. The summed E-state index contributed by atoms with van der Waals surface area (Å²) in [5, 5.41) is 6.77. The van der Waals surface area contributed by atoms with Crippen LogP contribution in [0.4, 0.5) is 0 Å². The molecule has 6 nitrogen and oxygen atoms in total. The number of nitrogens with zero attached hydrogens (tertiary/aromatic N) is 2. The Morgan fingerprint density at radius 2 is 2.35 bits per heavy atom. The van der Waals surface area contributed by atoms with E-state index in [9.17, 15) is 4.79 Å². The fraction of sp³-hybridized carbons (Fsp3) is 0.357. The van der Waals surface area contributed by atoms with E-state index in [2.05, 4.69) is 15.2 Å². The number of hydrogen-bond acceptors (Lipinski definition) is 5. The molecule has 0 saturated heterocycles. The van der Waals surface area contributed by atoms with Gasteiger partial charge in [0.05, 0.1) is 19.1 Å². The first-order valence-electron chi connectivity index (χ1n) is 6.60. The summed E-state index contributed by atoms with van der Waals surface area (Å²) in [6.45, 7) is 2.68. The maximum absolute atomic E-state index is 11.6. The third-order valence-corrected chi connectivity index (χ3v) is 3.25. The summed E-state index contributed by atoms with van der Waals surface area (Å²) in [6.07, 6.45) is 0.800. The van der Waals surface area contributed by atoms with Crippen LogP contribution in [0.25, 0.3) is 0 Å². The second-order valence-electron chi connectivity index (χ2n) is 4.49. The van der Waals surface area contributed by atoms with Crippen LogP contribution in [0.5, 0.6) is 5.75 Å². The lowest BCUT2D eigenvalue weighted by Gasteiger charge is -2.23. The normalized spacial score (nSPS) is 17.1. The highest BCUT2D eigenvalue weighted by Gasteiger charge is 2.26. The zero-order chi connectivity index (χ0) is 13.9. The van der Waals surface area contributed by atoms with Crippen molar-refractivity contribution in [2.24, 2.45) is 0 Å². The molecule has 6 heteroatoms. The molecule has 1 aromatic heterocycles. The highest BCUT2D eigenvalue weighted by atomic mass is 16.5. The molecular weight excluding hydrogens is 258 g/mol. The van der Waals surface area contributed by atoms with E-state index < -0.39 is 5.97 Å². The molecule has 0 saturated carbocycles. The minimum atomic E-state index is -0.504. The molecule has 3 rings (SSSR count). The van der Waals surface area contributed by atoms with Crippen LogP contribution < -0.4 is 4.74 Å². The highest BCUT2D eigenvalue weighted by Crippen LogP contribution is 2.36. The van der Waals surface area contributed by atoms with Crippen molar-refractivity contribution in [3.05, 3.63) is 41.5 Å². The lowest BCUT2D eigenvalue weighted by molar-refractivity contribution is 0.0512. The number of para-hydroxylation sites is 1. The third kappa shape index (κ3) is 2.24. The largest absolute Gasteiger partial charge is 0.493 e. The van der Waals surface area contributed by atoms with Crippen molar-refractivity contribution in [3.63, 3.8) is 0 Å². The number of rotatable bonds is 3. The molecule has 0 bridgehead atoms. The molecule has 1 aromatic carbocycles. The van der Waals surface area contributed by atoms with Crippen LogP contribution in [-0.2, 0) is 4.74 Å².